The maximum atomic E-state index is 11.7. The molecule has 0 spiro atoms. The van der Waals surface area contributed by atoms with E-state index in [1.807, 2.05) is 0 Å². The van der Waals surface area contributed by atoms with Crippen molar-refractivity contribution in [1.82, 2.24) is 5.32 Å². The van der Waals surface area contributed by atoms with Crippen LogP contribution in [0.4, 0.5) is 13.2 Å². The molecule has 0 bridgehead atoms. The highest BCUT2D eigenvalue weighted by molar-refractivity contribution is 5.77. The van der Waals surface area contributed by atoms with E-state index in [1.165, 1.54) is 13.8 Å². The van der Waals surface area contributed by atoms with Crippen molar-refractivity contribution in [2.75, 3.05) is 6.61 Å². The zero-order valence-electron chi connectivity index (χ0n) is 7.40. The molecule has 0 rings (SSSR count). The molecule has 0 saturated carbocycles. The second kappa shape index (κ2) is 3.95. The average molecular weight is 199 g/mol. The molecule has 2 N–H and O–H groups in total. The Hall–Kier alpha value is -0.780. The van der Waals surface area contributed by atoms with Gasteiger partial charge in [-0.25, -0.2) is 0 Å². The quantitative estimate of drug-likeness (QED) is 0.707. The van der Waals surface area contributed by atoms with Gasteiger partial charge in [0.2, 0.25) is 5.91 Å². The van der Waals surface area contributed by atoms with Crippen molar-refractivity contribution in [3.8, 4) is 0 Å². The van der Waals surface area contributed by atoms with E-state index < -0.39 is 30.7 Å². The first-order valence-corrected chi connectivity index (χ1v) is 3.65. The van der Waals surface area contributed by atoms with E-state index in [0.717, 1.165) is 0 Å². The first kappa shape index (κ1) is 12.2. The standard InChI is InChI=1S/C7H12F3NO2/c1-6(2,4-12)11-5(13)3-7(8,9)10/h12H,3-4H2,1-2H3,(H,11,13). The predicted octanol–water partition coefficient (Wildman–Crippen LogP) is 0.826. The lowest BCUT2D eigenvalue weighted by Gasteiger charge is -2.23. The maximum Gasteiger partial charge on any atom is 0.397 e. The lowest BCUT2D eigenvalue weighted by atomic mass is 10.1. The summed E-state index contributed by atoms with van der Waals surface area (Å²) in [6.45, 7) is 2.46. The van der Waals surface area contributed by atoms with Crippen LogP contribution in [-0.2, 0) is 4.79 Å². The zero-order chi connectivity index (χ0) is 10.7. The molecular weight excluding hydrogens is 187 g/mol. The lowest BCUT2D eigenvalue weighted by Crippen LogP contribution is -2.47. The Kier molecular flexibility index (Phi) is 3.71. The Labute approximate surface area is 73.9 Å². The second-order valence-electron chi connectivity index (χ2n) is 3.38. The molecule has 6 heteroatoms. The molecule has 3 nitrogen and oxygen atoms in total. The Morgan fingerprint density at radius 1 is 1.38 bits per heavy atom. The minimum Gasteiger partial charge on any atom is -0.394 e. The number of nitrogens with one attached hydrogen (secondary N) is 1. The van der Waals surface area contributed by atoms with E-state index in [9.17, 15) is 18.0 Å². The van der Waals surface area contributed by atoms with E-state index in [4.69, 9.17) is 5.11 Å². The van der Waals surface area contributed by atoms with Gasteiger partial charge < -0.3 is 10.4 Å². The average Bonchev–Trinajstić information content (AvgIpc) is 1.81. The molecular formula is C7H12F3NO2. The van der Waals surface area contributed by atoms with Gasteiger partial charge in [-0.05, 0) is 13.8 Å². The van der Waals surface area contributed by atoms with E-state index >= 15 is 0 Å². The largest absolute Gasteiger partial charge is 0.397 e. The van der Waals surface area contributed by atoms with Crippen LogP contribution in [0, 0.1) is 0 Å². The summed E-state index contributed by atoms with van der Waals surface area (Å²) in [5, 5.41) is 10.7. The topological polar surface area (TPSA) is 49.3 Å². The van der Waals surface area contributed by atoms with Gasteiger partial charge in [-0.15, -0.1) is 0 Å². The van der Waals surface area contributed by atoms with Crippen LogP contribution in [0.3, 0.4) is 0 Å². The molecule has 78 valence electrons. The van der Waals surface area contributed by atoms with Crippen molar-refractivity contribution in [2.45, 2.75) is 32.0 Å². The number of carbonyl (C=O) groups is 1. The number of rotatable bonds is 3. The van der Waals surface area contributed by atoms with Crippen molar-refractivity contribution < 1.29 is 23.1 Å². The van der Waals surface area contributed by atoms with Gasteiger partial charge >= 0.3 is 6.18 Å². The number of hydrogen-bond acceptors (Lipinski definition) is 2. The summed E-state index contributed by atoms with van der Waals surface area (Å²) in [6, 6.07) is 0. The molecule has 0 saturated heterocycles. The van der Waals surface area contributed by atoms with Gasteiger partial charge in [0.15, 0.2) is 0 Å². The molecule has 0 atom stereocenters. The number of carbonyl (C=O) groups excluding carboxylic acids is 1. The Balaban J connectivity index is 4.03. The molecule has 0 fully saturated rings. The van der Waals surface area contributed by atoms with Gasteiger partial charge in [-0.3, -0.25) is 4.79 Å². The second-order valence-corrected chi connectivity index (χ2v) is 3.38. The number of hydrogen-bond donors (Lipinski definition) is 2. The molecule has 1 amide bonds. The van der Waals surface area contributed by atoms with Gasteiger partial charge in [0.1, 0.15) is 6.42 Å². The molecule has 0 aliphatic heterocycles. The lowest BCUT2D eigenvalue weighted by molar-refractivity contribution is -0.155. The number of aliphatic hydroxyl groups is 1. The van der Waals surface area contributed by atoms with E-state index in [-0.39, 0.29) is 0 Å². The third-order valence-electron chi connectivity index (χ3n) is 1.23. The smallest absolute Gasteiger partial charge is 0.394 e. The van der Waals surface area contributed by atoms with Crippen LogP contribution in [0.5, 0.6) is 0 Å². The summed E-state index contributed by atoms with van der Waals surface area (Å²) in [4.78, 5) is 10.7. The molecule has 0 aliphatic carbocycles. The predicted molar refractivity (Wildman–Crippen MR) is 40.0 cm³/mol. The third kappa shape index (κ3) is 6.39. The van der Waals surface area contributed by atoms with Crippen LogP contribution in [0.2, 0.25) is 0 Å². The molecule has 0 aliphatic rings. The van der Waals surface area contributed by atoms with Crippen LogP contribution in [0.1, 0.15) is 20.3 Å². The molecule has 0 unspecified atom stereocenters. The van der Waals surface area contributed by atoms with E-state index in [2.05, 4.69) is 5.32 Å². The summed E-state index contributed by atoms with van der Waals surface area (Å²) in [5.74, 6) is -1.13. The van der Waals surface area contributed by atoms with Crippen LogP contribution in [-0.4, -0.2) is 29.3 Å². The van der Waals surface area contributed by atoms with Gasteiger partial charge in [-0.2, -0.15) is 13.2 Å². The Bertz CT molecular complexity index is 189. The molecule has 0 heterocycles. The number of amides is 1. The Morgan fingerprint density at radius 2 is 1.85 bits per heavy atom. The van der Waals surface area contributed by atoms with Crippen LogP contribution < -0.4 is 5.32 Å². The normalized spacial score (nSPS) is 12.8. The molecule has 0 aromatic carbocycles. The summed E-state index contributed by atoms with van der Waals surface area (Å²) in [5.41, 5.74) is -1.01. The van der Waals surface area contributed by atoms with Gasteiger partial charge in [0.25, 0.3) is 0 Å². The molecule has 13 heavy (non-hydrogen) atoms. The number of halogens is 3. The monoisotopic (exact) mass is 199 g/mol. The first-order chi connectivity index (χ1) is 5.66. The van der Waals surface area contributed by atoms with E-state index in [0.29, 0.717) is 0 Å². The Morgan fingerprint density at radius 3 is 2.15 bits per heavy atom. The number of alkyl halides is 3. The maximum absolute atomic E-state index is 11.7. The highest BCUT2D eigenvalue weighted by Gasteiger charge is 2.33. The molecule has 0 radical (unpaired) electrons. The van der Waals surface area contributed by atoms with Crippen molar-refractivity contribution in [2.24, 2.45) is 0 Å². The third-order valence-corrected chi connectivity index (χ3v) is 1.23. The highest BCUT2D eigenvalue weighted by atomic mass is 19.4. The van der Waals surface area contributed by atoms with Crippen molar-refractivity contribution in [1.29, 1.82) is 0 Å². The fraction of sp³-hybridized carbons (Fsp3) is 0.857. The number of aliphatic hydroxyl groups excluding tert-OH is 1. The van der Waals surface area contributed by atoms with Crippen molar-refractivity contribution in [3.63, 3.8) is 0 Å². The minimum atomic E-state index is -4.50. The van der Waals surface area contributed by atoms with Gasteiger partial charge in [-0.1, -0.05) is 0 Å². The molecule has 0 aromatic heterocycles. The summed E-state index contributed by atoms with van der Waals surface area (Å²) in [6.07, 6.45) is -6.02. The first-order valence-electron chi connectivity index (χ1n) is 3.65. The SMILES string of the molecule is CC(C)(CO)NC(=O)CC(F)(F)F. The van der Waals surface area contributed by atoms with E-state index in [1.54, 1.807) is 0 Å². The fourth-order valence-corrected chi connectivity index (χ4v) is 0.643. The van der Waals surface area contributed by atoms with Gasteiger partial charge in [0.05, 0.1) is 12.1 Å². The fourth-order valence-electron chi connectivity index (χ4n) is 0.643. The van der Waals surface area contributed by atoms with Gasteiger partial charge in [0, 0.05) is 0 Å². The highest BCUT2D eigenvalue weighted by Crippen LogP contribution is 2.19. The van der Waals surface area contributed by atoms with Crippen LogP contribution in [0.15, 0.2) is 0 Å². The molecule has 0 aromatic rings. The minimum absolute atomic E-state index is 0.406. The van der Waals surface area contributed by atoms with Crippen molar-refractivity contribution in [3.05, 3.63) is 0 Å². The zero-order valence-corrected chi connectivity index (χ0v) is 7.40. The van der Waals surface area contributed by atoms with Crippen LogP contribution in [0.25, 0.3) is 0 Å². The summed E-state index contributed by atoms with van der Waals surface area (Å²) >= 11 is 0. The summed E-state index contributed by atoms with van der Waals surface area (Å²) < 4.78 is 35.0. The van der Waals surface area contributed by atoms with Crippen LogP contribution >= 0.6 is 0 Å². The summed E-state index contributed by atoms with van der Waals surface area (Å²) in [7, 11) is 0. The van der Waals surface area contributed by atoms with Crippen molar-refractivity contribution >= 4 is 5.91 Å².